The van der Waals surface area contributed by atoms with Crippen molar-refractivity contribution < 1.29 is 23.1 Å². The van der Waals surface area contributed by atoms with Crippen LogP contribution >= 0.6 is 11.3 Å². The average molecular weight is 274 g/mol. The van der Waals surface area contributed by atoms with Crippen LogP contribution < -0.4 is 0 Å². The van der Waals surface area contributed by atoms with Gasteiger partial charge in [0.25, 0.3) is 0 Å². The fraction of sp³-hybridized carbons (Fsp3) is 0.250. The van der Waals surface area contributed by atoms with Crippen LogP contribution in [0.3, 0.4) is 0 Å². The van der Waals surface area contributed by atoms with E-state index < -0.39 is 17.0 Å². The minimum atomic E-state index is -4.35. The zero-order chi connectivity index (χ0) is 13.3. The van der Waals surface area contributed by atoms with E-state index in [2.05, 4.69) is 0 Å². The number of carboxylic acids is 1. The highest BCUT2D eigenvalue weighted by atomic mass is 32.1. The maximum absolute atomic E-state index is 12.6. The number of hydrogen-bond donors (Lipinski definition) is 1. The molecule has 2 rings (SSSR count). The first-order valence-electron chi connectivity index (χ1n) is 5.18. The minimum absolute atomic E-state index is 0.0850. The van der Waals surface area contributed by atoms with Crippen LogP contribution in [0.15, 0.2) is 24.3 Å². The number of hydrogen-bond acceptors (Lipinski definition) is 2. The van der Waals surface area contributed by atoms with Crippen LogP contribution in [0.2, 0.25) is 0 Å². The summed E-state index contributed by atoms with van der Waals surface area (Å²) in [5, 5.41) is 9.11. The van der Waals surface area contributed by atoms with Gasteiger partial charge in [-0.05, 0) is 23.4 Å². The van der Waals surface area contributed by atoms with Crippen molar-refractivity contribution in [1.29, 1.82) is 0 Å². The molecule has 1 aromatic heterocycles. The van der Waals surface area contributed by atoms with Crippen molar-refractivity contribution in [3.63, 3.8) is 0 Å². The molecular weight excluding hydrogens is 265 g/mol. The van der Waals surface area contributed by atoms with Gasteiger partial charge in [0.1, 0.15) is 4.88 Å². The van der Waals surface area contributed by atoms with E-state index in [1.165, 1.54) is 0 Å². The van der Waals surface area contributed by atoms with Crippen LogP contribution in [0.25, 0.3) is 10.1 Å². The topological polar surface area (TPSA) is 37.3 Å². The molecule has 2 nitrogen and oxygen atoms in total. The molecule has 0 spiro atoms. The second-order valence-corrected chi connectivity index (χ2v) is 4.89. The van der Waals surface area contributed by atoms with Crippen molar-refractivity contribution in [2.75, 3.05) is 0 Å². The monoisotopic (exact) mass is 274 g/mol. The standard InChI is InChI=1S/C12H9F3O2S/c13-12(14,15)9-6-8-3-1-2-7(11(8)18-9)4-5-10(16)17/h1-3,6H,4-5H2,(H,16,17). The van der Waals surface area contributed by atoms with Gasteiger partial charge in [-0.15, -0.1) is 11.3 Å². The molecule has 1 heterocycles. The molecule has 0 atom stereocenters. The fourth-order valence-corrected chi connectivity index (χ4v) is 2.77. The lowest BCUT2D eigenvalue weighted by Crippen LogP contribution is -2.00. The molecule has 0 fully saturated rings. The first-order valence-corrected chi connectivity index (χ1v) is 6.00. The lowest BCUT2D eigenvalue weighted by molar-refractivity contribution is -0.137. The third-order valence-electron chi connectivity index (χ3n) is 2.51. The summed E-state index contributed by atoms with van der Waals surface area (Å²) in [5.74, 6) is -0.959. The Balaban J connectivity index is 2.42. The molecule has 0 bridgehead atoms. The Labute approximate surface area is 105 Å². The Morgan fingerprint density at radius 2 is 2.06 bits per heavy atom. The molecule has 0 aliphatic rings. The normalized spacial score (nSPS) is 11.9. The molecule has 1 aromatic carbocycles. The lowest BCUT2D eigenvalue weighted by atomic mass is 10.1. The van der Waals surface area contributed by atoms with Gasteiger partial charge >= 0.3 is 12.1 Å². The molecule has 0 unspecified atom stereocenters. The van der Waals surface area contributed by atoms with E-state index in [0.717, 1.165) is 6.07 Å². The molecule has 96 valence electrons. The molecule has 0 saturated carbocycles. The van der Waals surface area contributed by atoms with Gasteiger partial charge in [-0.2, -0.15) is 13.2 Å². The molecule has 1 N–H and O–H groups in total. The molecular formula is C12H9F3O2S. The second kappa shape index (κ2) is 4.61. The molecule has 2 aromatic rings. The largest absolute Gasteiger partial charge is 0.481 e. The maximum Gasteiger partial charge on any atom is 0.425 e. The van der Waals surface area contributed by atoms with Crippen molar-refractivity contribution in [1.82, 2.24) is 0 Å². The summed E-state index contributed by atoms with van der Waals surface area (Å²) in [6.45, 7) is 0. The SMILES string of the molecule is O=C(O)CCc1cccc2cc(C(F)(F)F)sc12. The van der Waals surface area contributed by atoms with Crippen LogP contribution in [0.4, 0.5) is 13.2 Å². The summed E-state index contributed by atoms with van der Waals surface area (Å²) in [6.07, 6.45) is -4.20. The predicted octanol–water partition coefficient (Wildman–Crippen LogP) is 3.94. The highest BCUT2D eigenvalue weighted by molar-refractivity contribution is 7.19. The maximum atomic E-state index is 12.6. The van der Waals surface area contributed by atoms with Crippen LogP contribution in [-0.4, -0.2) is 11.1 Å². The Morgan fingerprint density at radius 1 is 1.33 bits per heavy atom. The first kappa shape index (κ1) is 12.9. The van der Waals surface area contributed by atoms with E-state index in [1.807, 2.05) is 0 Å². The number of aliphatic carboxylic acids is 1. The number of carbonyl (C=O) groups is 1. The Bertz CT molecular complexity index is 587. The van der Waals surface area contributed by atoms with Gasteiger partial charge < -0.3 is 5.11 Å². The number of thiophene rings is 1. The number of halogens is 3. The lowest BCUT2D eigenvalue weighted by Gasteiger charge is -2.01. The van der Waals surface area contributed by atoms with Crippen LogP contribution in [0.5, 0.6) is 0 Å². The number of rotatable bonds is 3. The fourth-order valence-electron chi connectivity index (χ4n) is 1.70. The summed E-state index contributed by atoms with van der Waals surface area (Å²) in [4.78, 5) is 9.84. The van der Waals surface area contributed by atoms with E-state index in [0.29, 0.717) is 27.0 Å². The van der Waals surface area contributed by atoms with Gasteiger partial charge in [0.2, 0.25) is 0 Å². The molecule has 0 aliphatic carbocycles. The molecule has 0 amide bonds. The molecule has 6 heteroatoms. The third-order valence-corrected chi connectivity index (χ3v) is 3.78. The van der Waals surface area contributed by atoms with Gasteiger partial charge in [0, 0.05) is 11.1 Å². The number of fused-ring (bicyclic) bond motifs is 1. The molecule has 0 radical (unpaired) electrons. The van der Waals surface area contributed by atoms with Gasteiger partial charge in [0.15, 0.2) is 0 Å². The van der Waals surface area contributed by atoms with Gasteiger partial charge in [-0.3, -0.25) is 4.79 Å². The Hall–Kier alpha value is -1.56. The van der Waals surface area contributed by atoms with Gasteiger partial charge in [-0.25, -0.2) is 0 Å². The number of aryl methyl sites for hydroxylation is 1. The zero-order valence-corrected chi connectivity index (χ0v) is 9.94. The summed E-state index contributed by atoms with van der Waals surface area (Å²) in [7, 11) is 0. The third kappa shape index (κ3) is 2.64. The van der Waals surface area contributed by atoms with Crippen LogP contribution in [0.1, 0.15) is 16.9 Å². The Kier molecular flexibility index (Phi) is 3.30. The molecule has 18 heavy (non-hydrogen) atoms. The van der Waals surface area contributed by atoms with E-state index in [-0.39, 0.29) is 12.8 Å². The molecule has 0 saturated heterocycles. The summed E-state index contributed by atoms with van der Waals surface area (Å²) >= 11 is 0.665. The zero-order valence-electron chi connectivity index (χ0n) is 9.12. The van der Waals surface area contributed by atoms with Crippen LogP contribution in [0, 0.1) is 0 Å². The highest BCUT2D eigenvalue weighted by Crippen LogP contribution is 2.39. The van der Waals surface area contributed by atoms with E-state index in [9.17, 15) is 18.0 Å². The quantitative estimate of drug-likeness (QED) is 0.920. The molecule has 0 aliphatic heterocycles. The second-order valence-electron chi connectivity index (χ2n) is 3.84. The summed E-state index contributed by atoms with van der Waals surface area (Å²) in [5.41, 5.74) is 0.649. The van der Waals surface area contributed by atoms with E-state index in [4.69, 9.17) is 5.11 Å². The number of benzene rings is 1. The van der Waals surface area contributed by atoms with Gasteiger partial charge in [0.05, 0.1) is 0 Å². The smallest absolute Gasteiger partial charge is 0.425 e. The first-order chi connectivity index (χ1) is 8.38. The van der Waals surface area contributed by atoms with Crippen LogP contribution in [-0.2, 0) is 17.4 Å². The van der Waals surface area contributed by atoms with Gasteiger partial charge in [-0.1, -0.05) is 18.2 Å². The minimum Gasteiger partial charge on any atom is -0.481 e. The summed E-state index contributed by atoms with van der Waals surface area (Å²) < 4.78 is 38.3. The van der Waals surface area contributed by atoms with E-state index in [1.54, 1.807) is 18.2 Å². The number of carboxylic acid groups (broad SMARTS) is 1. The van der Waals surface area contributed by atoms with Crippen molar-refractivity contribution in [2.45, 2.75) is 19.0 Å². The van der Waals surface area contributed by atoms with Crippen molar-refractivity contribution >= 4 is 27.4 Å². The van der Waals surface area contributed by atoms with Crippen molar-refractivity contribution in [2.24, 2.45) is 0 Å². The predicted molar refractivity (Wildman–Crippen MR) is 62.8 cm³/mol. The number of alkyl halides is 3. The van der Waals surface area contributed by atoms with Crippen molar-refractivity contribution in [3.8, 4) is 0 Å². The average Bonchev–Trinajstić information content (AvgIpc) is 2.69. The Morgan fingerprint density at radius 3 is 2.67 bits per heavy atom. The summed E-state index contributed by atoms with van der Waals surface area (Å²) in [6, 6.07) is 6.02. The highest BCUT2D eigenvalue weighted by Gasteiger charge is 2.32. The van der Waals surface area contributed by atoms with Crippen molar-refractivity contribution in [3.05, 3.63) is 34.7 Å². The van der Waals surface area contributed by atoms with E-state index >= 15 is 0 Å².